The van der Waals surface area contributed by atoms with E-state index in [0.29, 0.717) is 0 Å². The molecule has 22 heavy (non-hydrogen) atoms. The van der Waals surface area contributed by atoms with Gasteiger partial charge in [0.15, 0.2) is 11.4 Å². The van der Waals surface area contributed by atoms with Crippen LogP contribution in [0.2, 0.25) is 0 Å². The van der Waals surface area contributed by atoms with Crippen molar-refractivity contribution in [1.82, 2.24) is 20.6 Å². The smallest absolute Gasteiger partial charge is 0.294 e. The molecule has 1 aliphatic carbocycles. The predicted octanol–water partition coefficient (Wildman–Crippen LogP) is 1.14. The van der Waals surface area contributed by atoms with E-state index in [2.05, 4.69) is 16.0 Å². The number of nitrogens with one attached hydrogen (secondary N) is 2. The molecule has 7 heteroatoms. The average Bonchev–Trinajstić information content (AvgIpc) is 2.86. The van der Waals surface area contributed by atoms with Gasteiger partial charge in [0, 0.05) is 5.92 Å². The number of para-hydroxylation sites is 1. The Bertz CT molecular complexity index is 692. The number of rotatable bonds is 3. The van der Waals surface area contributed by atoms with Gasteiger partial charge in [0.25, 0.3) is 5.91 Å². The summed E-state index contributed by atoms with van der Waals surface area (Å²) < 4.78 is 1.40. The van der Waals surface area contributed by atoms with Gasteiger partial charge in [-0.1, -0.05) is 24.6 Å². The zero-order valence-electron chi connectivity index (χ0n) is 11.8. The maximum Gasteiger partial charge on any atom is 0.294 e. The fraction of sp³-hybridized carbons (Fsp3) is 0.267. The molecular weight excluding hydrogens is 284 g/mol. The van der Waals surface area contributed by atoms with E-state index >= 15 is 0 Å². The Morgan fingerprint density at radius 1 is 1.18 bits per heavy atom. The minimum absolute atomic E-state index is 0.0317. The van der Waals surface area contributed by atoms with E-state index < -0.39 is 5.91 Å². The highest BCUT2D eigenvalue weighted by Gasteiger charge is 2.26. The molecule has 0 aliphatic heterocycles. The number of hydrogen-bond donors (Lipinski definition) is 3. The molecule has 3 N–H and O–H groups in total. The largest absolute Gasteiger partial charge is 0.504 e. The van der Waals surface area contributed by atoms with E-state index in [-0.39, 0.29) is 23.3 Å². The van der Waals surface area contributed by atoms with Gasteiger partial charge in [-0.25, -0.2) is 4.68 Å². The Labute approximate surface area is 126 Å². The number of benzene rings is 1. The molecule has 1 saturated carbocycles. The molecule has 0 radical (unpaired) electrons. The van der Waals surface area contributed by atoms with Crippen LogP contribution in [-0.4, -0.2) is 26.7 Å². The SMILES string of the molecule is O=C(NNC(=O)C1CCC1)c1nn(-c2ccccc2)cc1O. The van der Waals surface area contributed by atoms with Crippen LogP contribution >= 0.6 is 0 Å². The molecule has 1 heterocycles. The minimum atomic E-state index is -0.653. The normalized spacial score (nSPS) is 14.2. The summed E-state index contributed by atoms with van der Waals surface area (Å²) in [5.41, 5.74) is 5.22. The van der Waals surface area contributed by atoms with Gasteiger partial charge in [-0.15, -0.1) is 0 Å². The third-order valence-electron chi connectivity index (χ3n) is 3.71. The van der Waals surface area contributed by atoms with Crippen molar-refractivity contribution in [3.05, 3.63) is 42.2 Å². The molecule has 114 valence electrons. The monoisotopic (exact) mass is 300 g/mol. The maximum atomic E-state index is 12.0. The summed E-state index contributed by atoms with van der Waals surface area (Å²) in [4.78, 5) is 23.6. The second kappa shape index (κ2) is 5.88. The van der Waals surface area contributed by atoms with E-state index in [0.717, 1.165) is 24.9 Å². The lowest BCUT2D eigenvalue weighted by atomic mass is 9.85. The molecule has 0 bridgehead atoms. The molecule has 0 saturated heterocycles. The molecule has 0 spiro atoms. The summed E-state index contributed by atoms with van der Waals surface area (Å²) in [7, 11) is 0. The van der Waals surface area contributed by atoms with Gasteiger partial charge in [0.2, 0.25) is 5.91 Å². The van der Waals surface area contributed by atoms with Gasteiger partial charge in [-0.2, -0.15) is 5.10 Å². The Balaban J connectivity index is 1.67. The van der Waals surface area contributed by atoms with E-state index in [1.54, 1.807) is 12.1 Å². The van der Waals surface area contributed by atoms with E-state index in [1.165, 1.54) is 10.9 Å². The van der Waals surface area contributed by atoms with Gasteiger partial charge in [0.05, 0.1) is 11.9 Å². The number of hydrazine groups is 1. The van der Waals surface area contributed by atoms with Crippen molar-refractivity contribution in [2.45, 2.75) is 19.3 Å². The predicted molar refractivity (Wildman–Crippen MR) is 78.2 cm³/mol. The molecule has 3 rings (SSSR count). The second-order valence-corrected chi connectivity index (χ2v) is 5.21. The summed E-state index contributed by atoms with van der Waals surface area (Å²) >= 11 is 0. The average molecular weight is 300 g/mol. The van der Waals surface area contributed by atoms with Crippen LogP contribution in [0.3, 0.4) is 0 Å². The molecule has 0 atom stereocenters. The van der Waals surface area contributed by atoms with Crippen LogP contribution in [-0.2, 0) is 4.79 Å². The highest BCUT2D eigenvalue weighted by molar-refractivity contribution is 5.96. The summed E-state index contributed by atoms with van der Waals surface area (Å²) in [5.74, 6) is -1.14. The maximum absolute atomic E-state index is 12.0. The molecular formula is C15H16N4O3. The van der Waals surface area contributed by atoms with E-state index in [9.17, 15) is 14.7 Å². The molecule has 1 aromatic heterocycles. The molecule has 2 amide bonds. The lowest BCUT2D eigenvalue weighted by Gasteiger charge is -2.23. The summed E-state index contributed by atoms with van der Waals surface area (Å²) in [6.45, 7) is 0. The first-order chi connectivity index (χ1) is 10.6. The standard InChI is InChI=1S/C15H16N4O3/c20-12-9-19(11-7-2-1-3-8-11)18-13(12)15(22)17-16-14(21)10-5-4-6-10/h1-3,7-10,20H,4-6H2,(H,16,21)(H,17,22). The van der Waals surface area contributed by atoms with Crippen molar-refractivity contribution < 1.29 is 14.7 Å². The first-order valence-electron chi connectivity index (χ1n) is 7.09. The number of carbonyl (C=O) groups excluding carboxylic acids is 2. The molecule has 0 unspecified atom stereocenters. The van der Waals surface area contributed by atoms with Gasteiger partial charge in [0.1, 0.15) is 0 Å². The van der Waals surface area contributed by atoms with Crippen molar-refractivity contribution in [1.29, 1.82) is 0 Å². The van der Waals surface area contributed by atoms with Crippen LogP contribution in [0.1, 0.15) is 29.8 Å². The summed E-state index contributed by atoms with van der Waals surface area (Å²) in [6.07, 6.45) is 4.07. The first-order valence-corrected chi connectivity index (χ1v) is 7.09. The number of amides is 2. The fourth-order valence-corrected chi connectivity index (χ4v) is 2.19. The highest BCUT2D eigenvalue weighted by Crippen LogP contribution is 2.26. The number of nitrogens with zero attached hydrogens (tertiary/aromatic N) is 2. The topological polar surface area (TPSA) is 96.3 Å². The quantitative estimate of drug-likeness (QED) is 0.741. The van der Waals surface area contributed by atoms with Crippen molar-refractivity contribution >= 4 is 11.8 Å². The fourth-order valence-electron chi connectivity index (χ4n) is 2.19. The number of aromatic hydroxyl groups is 1. The van der Waals surface area contributed by atoms with Gasteiger partial charge >= 0.3 is 0 Å². The molecule has 1 fully saturated rings. The number of aromatic nitrogens is 2. The van der Waals surface area contributed by atoms with Crippen LogP contribution in [0, 0.1) is 5.92 Å². The van der Waals surface area contributed by atoms with Crippen molar-refractivity contribution in [3.8, 4) is 11.4 Å². The number of carbonyl (C=O) groups is 2. The third kappa shape index (κ3) is 2.78. The number of hydrogen-bond acceptors (Lipinski definition) is 4. The van der Waals surface area contributed by atoms with E-state index in [1.807, 2.05) is 18.2 Å². The van der Waals surface area contributed by atoms with Gasteiger partial charge < -0.3 is 5.11 Å². The highest BCUT2D eigenvalue weighted by atomic mass is 16.3. The summed E-state index contributed by atoms with van der Waals surface area (Å²) in [5, 5.41) is 13.9. The lowest BCUT2D eigenvalue weighted by molar-refractivity contribution is -0.128. The molecule has 1 aliphatic rings. The molecule has 7 nitrogen and oxygen atoms in total. The lowest BCUT2D eigenvalue weighted by Crippen LogP contribution is -2.46. The van der Waals surface area contributed by atoms with Crippen LogP contribution in [0.5, 0.6) is 5.75 Å². The van der Waals surface area contributed by atoms with Crippen LogP contribution in [0.4, 0.5) is 0 Å². The molecule has 2 aromatic rings. The van der Waals surface area contributed by atoms with Gasteiger partial charge in [-0.3, -0.25) is 20.4 Å². The van der Waals surface area contributed by atoms with Crippen molar-refractivity contribution in [2.75, 3.05) is 0 Å². The van der Waals surface area contributed by atoms with Gasteiger partial charge in [-0.05, 0) is 25.0 Å². The van der Waals surface area contributed by atoms with Crippen molar-refractivity contribution in [3.63, 3.8) is 0 Å². The van der Waals surface area contributed by atoms with Crippen LogP contribution < -0.4 is 10.9 Å². The Morgan fingerprint density at radius 3 is 2.55 bits per heavy atom. The first kappa shape index (κ1) is 14.1. The molecule has 1 aromatic carbocycles. The minimum Gasteiger partial charge on any atom is -0.504 e. The Morgan fingerprint density at radius 2 is 1.91 bits per heavy atom. The summed E-state index contributed by atoms with van der Waals surface area (Å²) in [6, 6.07) is 9.11. The zero-order chi connectivity index (χ0) is 15.5. The zero-order valence-corrected chi connectivity index (χ0v) is 11.8. The Kier molecular flexibility index (Phi) is 3.78. The Hall–Kier alpha value is -2.83. The third-order valence-corrected chi connectivity index (χ3v) is 3.71. The van der Waals surface area contributed by atoms with E-state index in [4.69, 9.17) is 0 Å². The van der Waals surface area contributed by atoms with Crippen molar-refractivity contribution in [2.24, 2.45) is 5.92 Å². The second-order valence-electron chi connectivity index (χ2n) is 5.21. The van der Waals surface area contributed by atoms with Crippen LogP contribution in [0.15, 0.2) is 36.5 Å². The van der Waals surface area contributed by atoms with Crippen LogP contribution in [0.25, 0.3) is 5.69 Å².